The standard InChI is InChI=1S/C36H39Cl2N3O5S/c1-4-46-30-16-18-31(19-17-30)47(44,45)41(29-13-9-6-10-14-29)25-35(42)40(24-28-15-20-32(37)33(38)21-28)34(36(43)39-23-26(2)3)22-27-11-7-5-8-12-27/h5-21,26,34H,4,22-25H2,1-3H3,(H,39,43)/t34-/m1/s1. The van der Waals surface area contributed by atoms with Crippen molar-refractivity contribution < 1.29 is 22.7 Å². The molecule has 4 rings (SSSR count). The molecule has 47 heavy (non-hydrogen) atoms. The number of carbonyl (C=O) groups excluding carboxylic acids is 2. The third-order valence-corrected chi connectivity index (χ3v) is 9.87. The SMILES string of the molecule is CCOc1ccc(S(=O)(=O)N(CC(=O)N(Cc2ccc(Cl)c(Cl)c2)[C@H](Cc2ccccc2)C(=O)NCC(C)C)c2ccccc2)cc1. The second kappa shape index (κ2) is 16.7. The number of halogens is 2. The van der Waals surface area contributed by atoms with Gasteiger partial charge in [-0.3, -0.25) is 13.9 Å². The van der Waals surface area contributed by atoms with Gasteiger partial charge in [0, 0.05) is 19.5 Å². The van der Waals surface area contributed by atoms with Crippen LogP contribution in [0.15, 0.2) is 108 Å². The normalized spacial score (nSPS) is 12.0. The van der Waals surface area contributed by atoms with Crippen LogP contribution in [0, 0.1) is 5.92 Å². The third-order valence-electron chi connectivity index (χ3n) is 7.34. The van der Waals surface area contributed by atoms with E-state index in [-0.39, 0.29) is 29.7 Å². The number of benzene rings is 4. The number of nitrogens with one attached hydrogen (secondary N) is 1. The van der Waals surface area contributed by atoms with Crippen molar-refractivity contribution in [3.63, 3.8) is 0 Å². The van der Waals surface area contributed by atoms with E-state index in [4.69, 9.17) is 27.9 Å². The Morgan fingerprint density at radius 2 is 1.47 bits per heavy atom. The van der Waals surface area contributed by atoms with Crippen molar-refractivity contribution in [2.45, 2.75) is 44.7 Å². The van der Waals surface area contributed by atoms with Crippen LogP contribution in [-0.4, -0.2) is 50.9 Å². The lowest BCUT2D eigenvalue weighted by atomic mass is 10.0. The minimum atomic E-state index is -4.23. The van der Waals surface area contributed by atoms with Crippen LogP contribution in [0.1, 0.15) is 31.9 Å². The largest absolute Gasteiger partial charge is 0.494 e. The first-order valence-electron chi connectivity index (χ1n) is 15.3. The minimum absolute atomic E-state index is 0.0100. The predicted molar refractivity (Wildman–Crippen MR) is 187 cm³/mol. The van der Waals surface area contributed by atoms with Gasteiger partial charge in [-0.15, -0.1) is 0 Å². The molecule has 4 aromatic rings. The van der Waals surface area contributed by atoms with Gasteiger partial charge in [0.2, 0.25) is 11.8 Å². The van der Waals surface area contributed by atoms with Crippen LogP contribution in [-0.2, 0) is 32.6 Å². The van der Waals surface area contributed by atoms with Gasteiger partial charge in [-0.2, -0.15) is 0 Å². The maximum absolute atomic E-state index is 14.5. The molecular formula is C36H39Cl2N3O5S. The van der Waals surface area contributed by atoms with Gasteiger partial charge in [0.25, 0.3) is 10.0 Å². The summed E-state index contributed by atoms with van der Waals surface area (Å²) in [6.45, 7) is 6.05. The Labute approximate surface area is 287 Å². The van der Waals surface area contributed by atoms with Crippen molar-refractivity contribution in [1.29, 1.82) is 0 Å². The lowest BCUT2D eigenvalue weighted by Gasteiger charge is -2.34. The van der Waals surface area contributed by atoms with Gasteiger partial charge in [0.1, 0.15) is 18.3 Å². The summed E-state index contributed by atoms with van der Waals surface area (Å²) >= 11 is 12.5. The molecule has 1 atom stereocenters. The average molecular weight is 697 g/mol. The molecule has 0 bridgehead atoms. The van der Waals surface area contributed by atoms with Gasteiger partial charge in [-0.1, -0.05) is 91.6 Å². The van der Waals surface area contributed by atoms with E-state index >= 15 is 0 Å². The zero-order valence-corrected chi connectivity index (χ0v) is 28.9. The van der Waals surface area contributed by atoms with Gasteiger partial charge in [0.05, 0.1) is 27.2 Å². The molecule has 11 heteroatoms. The summed E-state index contributed by atoms with van der Waals surface area (Å²) in [5.41, 5.74) is 1.77. The molecule has 0 aromatic heterocycles. The number of sulfonamides is 1. The fourth-order valence-corrected chi connectivity index (χ4v) is 6.67. The van der Waals surface area contributed by atoms with Crippen molar-refractivity contribution in [3.8, 4) is 5.75 Å². The smallest absolute Gasteiger partial charge is 0.264 e. The molecule has 1 N–H and O–H groups in total. The number of rotatable bonds is 15. The van der Waals surface area contributed by atoms with Crippen LogP contribution < -0.4 is 14.4 Å². The second-order valence-electron chi connectivity index (χ2n) is 11.4. The predicted octanol–water partition coefficient (Wildman–Crippen LogP) is 7.00. The van der Waals surface area contributed by atoms with Crippen LogP contribution in [0.2, 0.25) is 10.0 Å². The Hall–Kier alpha value is -4.05. The number of anilines is 1. The zero-order valence-electron chi connectivity index (χ0n) is 26.6. The van der Waals surface area contributed by atoms with Gasteiger partial charge in [0.15, 0.2) is 0 Å². The van der Waals surface area contributed by atoms with Gasteiger partial charge in [-0.05, 0) is 72.5 Å². The van der Waals surface area contributed by atoms with E-state index in [1.165, 1.54) is 17.0 Å². The Bertz CT molecular complexity index is 1740. The summed E-state index contributed by atoms with van der Waals surface area (Å²) in [5, 5.41) is 3.62. The Balaban J connectivity index is 1.78. The van der Waals surface area contributed by atoms with E-state index in [0.717, 1.165) is 9.87 Å². The summed E-state index contributed by atoms with van der Waals surface area (Å²) < 4.78 is 34.9. The summed E-state index contributed by atoms with van der Waals surface area (Å²) in [6, 6.07) is 27.9. The van der Waals surface area contributed by atoms with E-state index in [1.54, 1.807) is 60.7 Å². The number of carbonyl (C=O) groups is 2. The molecule has 0 spiro atoms. The maximum atomic E-state index is 14.5. The van der Waals surface area contributed by atoms with Crippen LogP contribution in [0.3, 0.4) is 0 Å². The lowest BCUT2D eigenvalue weighted by molar-refractivity contribution is -0.140. The first kappa shape index (κ1) is 35.8. The van der Waals surface area contributed by atoms with E-state index in [0.29, 0.717) is 40.2 Å². The summed E-state index contributed by atoms with van der Waals surface area (Å²) in [4.78, 5) is 29.8. The van der Waals surface area contributed by atoms with Crippen molar-refractivity contribution in [2.75, 3.05) is 24.0 Å². The molecule has 0 saturated heterocycles. The quantitative estimate of drug-likeness (QED) is 0.145. The van der Waals surface area contributed by atoms with Crippen molar-refractivity contribution in [1.82, 2.24) is 10.2 Å². The maximum Gasteiger partial charge on any atom is 0.264 e. The Morgan fingerprint density at radius 1 is 0.830 bits per heavy atom. The van der Waals surface area contributed by atoms with E-state index in [1.807, 2.05) is 51.1 Å². The number of ether oxygens (including phenoxy) is 1. The van der Waals surface area contributed by atoms with Crippen molar-refractivity contribution >= 4 is 50.7 Å². The highest BCUT2D eigenvalue weighted by Gasteiger charge is 2.34. The van der Waals surface area contributed by atoms with E-state index in [9.17, 15) is 18.0 Å². The lowest BCUT2D eigenvalue weighted by Crippen LogP contribution is -2.53. The summed E-state index contributed by atoms with van der Waals surface area (Å²) in [6.07, 6.45) is 0.203. The molecule has 8 nitrogen and oxygen atoms in total. The molecular weight excluding hydrogens is 657 g/mol. The van der Waals surface area contributed by atoms with Crippen LogP contribution in [0.25, 0.3) is 0 Å². The minimum Gasteiger partial charge on any atom is -0.494 e. The molecule has 0 aliphatic heterocycles. The summed E-state index contributed by atoms with van der Waals surface area (Å²) in [7, 11) is -4.23. The molecule has 4 aromatic carbocycles. The zero-order chi connectivity index (χ0) is 34.0. The monoisotopic (exact) mass is 695 g/mol. The molecule has 0 saturated carbocycles. The highest BCUT2D eigenvalue weighted by Crippen LogP contribution is 2.27. The van der Waals surface area contributed by atoms with Gasteiger partial charge < -0.3 is 15.0 Å². The number of para-hydroxylation sites is 1. The van der Waals surface area contributed by atoms with Gasteiger partial charge in [-0.25, -0.2) is 8.42 Å². The number of nitrogens with zero attached hydrogens (tertiary/aromatic N) is 2. The van der Waals surface area contributed by atoms with E-state index in [2.05, 4.69) is 5.32 Å². The Morgan fingerprint density at radius 3 is 2.06 bits per heavy atom. The van der Waals surface area contributed by atoms with Crippen LogP contribution in [0.4, 0.5) is 5.69 Å². The first-order chi connectivity index (χ1) is 22.5. The summed E-state index contributed by atoms with van der Waals surface area (Å²) in [5.74, 6) is -0.229. The first-order valence-corrected chi connectivity index (χ1v) is 17.5. The molecule has 2 amide bonds. The van der Waals surface area contributed by atoms with Crippen LogP contribution in [0.5, 0.6) is 5.75 Å². The molecule has 0 aliphatic rings. The second-order valence-corrected chi connectivity index (χ2v) is 14.0. The highest BCUT2D eigenvalue weighted by atomic mass is 35.5. The third kappa shape index (κ3) is 9.73. The fraction of sp³-hybridized carbons (Fsp3) is 0.278. The number of amides is 2. The number of hydrogen-bond acceptors (Lipinski definition) is 5. The topological polar surface area (TPSA) is 96.0 Å². The molecule has 0 unspecified atom stereocenters. The molecule has 0 heterocycles. The molecule has 0 aliphatic carbocycles. The Kier molecular flexibility index (Phi) is 12.7. The average Bonchev–Trinajstić information content (AvgIpc) is 3.06. The van der Waals surface area contributed by atoms with Crippen molar-refractivity contribution in [3.05, 3.63) is 124 Å². The molecule has 248 valence electrons. The van der Waals surface area contributed by atoms with Crippen LogP contribution >= 0.6 is 23.2 Å². The fourth-order valence-electron chi connectivity index (χ4n) is 4.94. The van der Waals surface area contributed by atoms with Gasteiger partial charge >= 0.3 is 0 Å². The van der Waals surface area contributed by atoms with E-state index < -0.39 is 28.5 Å². The molecule has 0 fully saturated rings. The highest BCUT2D eigenvalue weighted by molar-refractivity contribution is 7.92. The van der Waals surface area contributed by atoms with Crippen molar-refractivity contribution in [2.24, 2.45) is 5.92 Å². The number of hydrogen-bond donors (Lipinski definition) is 1. The molecule has 0 radical (unpaired) electrons.